The zero-order valence-corrected chi connectivity index (χ0v) is 25.3. The lowest BCUT2D eigenvalue weighted by Gasteiger charge is -2.33. The van der Waals surface area contributed by atoms with Crippen molar-refractivity contribution in [2.75, 3.05) is 10.8 Å². The molecule has 0 aliphatic heterocycles. The molecule has 0 spiro atoms. The maximum absolute atomic E-state index is 14.0. The van der Waals surface area contributed by atoms with Crippen molar-refractivity contribution in [2.45, 2.75) is 57.1 Å². The Labute approximate surface area is 244 Å². The van der Waals surface area contributed by atoms with Crippen molar-refractivity contribution < 1.29 is 18.0 Å². The summed E-state index contributed by atoms with van der Waals surface area (Å²) in [6, 6.07) is 20.9. The molecule has 0 aromatic heterocycles. The van der Waals surface area contributed by atoms with E-state index in [0.717, 1.165) is 16.3 Å². The first-order valence-electron chi connectivity index (χ1n) is 12.7. The van der Waals surface area contributed by atoms with Crippen LogP contribution in [-0.4, -0.2) is 43.8 Å². The summed E-state index contributed by atoms with van der Waals surface area (Å²) in [6.07, 6.45) is 1.09. The maximum Gasteiger partial charge on any atom is 0.264 e. The smallest absolute Gasteiger partial charge is 0.264 e. The molecular weight excluding hydrogens is 602 g/mol. The molecule has 0 heterocycles. The van der Waals surface area contributed by atoms with E-state index in [2.05, 4.69) is 21.2 Å². The number of carbonyl (C=O) groups is 2. The van der Waals surface area contributed by atoms with Crippen molar-refractivity contribution in [3.63, 3.8) is 0 Å². The Balaban J connectivity index is 2.04. The third kappa shape index (κ3) is 8.06. The number of nitrogens with one attached hydrogen (secondary N) is 1. The van der Waals surface area contributed by atoms with E-state index in [1.165, 1.54) is 17.0 Å². The number of carbonyl (C=O) groups excluding carboxylic acids is 2. The predicted molar refractivity (Wildman–Crippen MR) is 159 cm³/mol. The van der Waals surface area contributed by atoms with Crippen molar-refractivity contribution in [1.82, 2.24) is 10.2 Å². The fourth-order valence-electron chi connectivity index (χ4n) is 4.03. The van der Waals surface area contributed by atoms with E-state index in [1.54, 1.807) is 66.7 Å². The first-order valence-corrected chi connectivity index (χ1v) is 15.4. The summed E-state index contributed by atoms with van der Waals surface area (Å²) in [6.45, 7) is 5.31. The van der Waals surface area contributed by atoms with Crippen LogP contribution in [0, 0.1) is 0 Å². The quantitative estimate of drug-likeness (QED) is 0.264. The van der Waals surface area contributed by atoms with Crippen molar-refractivity contribution >= 4 is 55.1 Å². The van der Waals surface area contributed by atoms with E-state index < -0.39 is 28.5 Å². The highest BCUT2D eigenvalue weighted by Gasteiger charge is 2.34. The van der Waals surface area contributed by atoms with E-state index in [-0.39, 0.29) is 23.4 Å². The van der Waals surface area contributed by atoms with Gasteiger partial charge in [-0.25, -0.2) is 8.42 Å². The normalized spacial score (nSPS) is 12.8. The third-order valence-corrected chi connectivity index (χ3v) is 8.89. The molecule has 3 aromatic carbocycles. The number of hydrogen-bond donors (Lipinski definition) is 1. The lowest BCUT2D eigenvalue weighted by atomic mass is 10.1. The van der Waals surface area contributed by atoms with Gasteiger partial charge in [0.1, 0.15) is 12.6 Å². The minimum Gasteiger partial charge on any atom is -0.352 e. The molecule has 3 rings (SSSR count). The standard InChI is InChI=1S/C29H33BrClN3O4S/c1-4-21(3)32-29(36)27(5-2)33(19-22-14-16-24(31)17-15-22)28(35)20-34(25-11-9-10-23(30)18-25)39(37,38)26-12-7-6-8-13-26/h6-18,21,27H,4-5,19-20H2,1-3H3,(H,32,36)/t21-,27+/m0/s1. The van der Waals surface area contributed by atoms with Gasteiger partial charge in [0.05, 0.1) is 10.6 Å². The van der Waals surface area contributed by atoms with E-state index in [9.17, 15) is 18.0 Å². The second kappa shape index (κ2) is 14.0. The first kappa shape index (κ1) is 30.7. The average molecular weight is 635 g/mol. The number of amides is 2. The van der Waals surface area contributed by atoms with Crippen molar-refractivity contribution in [3.05, 3.63) is 93.9 Å². The topological polar surface area (TPSA) is 86.8 Å². The van der Waals surface area contributed by atoms with Crippen LogP contribution < -0.4 is 9.62 Å². The number of nitrogens with zero attached hydrogens (tertiary/aromatic N) is 2. The molecule has 0 unspecified atom stereocenters. The van der Waals surface area contributed by atoms with Crippen LogP contribution in [0.15, 0.2) is 88.2 Å². The molecule has 0 aliphatic rings. The minimum absolute atomic E-state index is 0.0589. The number of rotatable bonds is 12. The van der Waals surface area contributed by atoms with Crippen LogP contribution >= 0.6 is 27.5 Å². The van der Waals surface area contributed by atoms with Crippen LogP contribution in [0.2, 0.25) is 5.02 Å². The summed E-state index contributed by atoms with van der Waals surface area (Å²) >= 11 is 9.46. The second-order valence-electron chi connectivity index (χ2n) is 9.19. The fraction of sp³-hybridized carbons (Fsp3) is 0.310. The zero-order valence-electron chi connectivity index (χ0n) is 22.2. The maximum atomic E-state index is 14.0. The van der Waals surface area contributed by atoms with Crippen LogP contribution in [0.25, 0.3) is 0 Å². The van der Waals surface area contributed by atoms with Gasteiger partial charge in [0.15, 0.2) is 0 Å². The number of halogens is 2. The Morgan fingerprint density at radius 1 is 0.949 bits per heavy atom. The molecule has 0 aliphatic carbocycles. The van der Waals surface area contributed by atoms with E-state index >= 15 is 0 Å². The lowest BCUT2D eigenvalue weighted by molar-refractivity contribution is -0.140. The molecule has 39 heavy (non-hydrogen) atoms. The Bertz CT molecular complexity index is 1370. The van der Waals surface area contributed by atoms with Crippen LogP contribution in [-0.2, 0) is 26.2 Å². The summed E-state index contributed by atoms with van der Waals surface area (Å²) in [5.74, 6) is -0.787. The van der Waals surface area contributed by atoms with Crippen LogP contribution in [0.1, 0.15) is 39.2 Å². The van der Waals surface area contributed by atoms with Gasteiger partial charge in [-0.05, 0) is 67.8 Å². The van der Waals surface area contributed by atoms with E-state index in [4.69, 9.17) is 11.6 Å². The lowest BCUT2D eigenvalue weighted by Crippen LogP contribution is -2.53. The van der Waals surface area contributed by atoms with Gasteiger partial charge in [-0.3, -0.25) is 13.9 Å². The average Bonchev–Trinajstić information content (AvgIpc) is 2.92. The Morgan fingerprint density at radius 2 is 1.62 bits per heavy atom. The van der Waals surface area contributed by atoms with Crippen LogP contribution in [0.5, 0.6) is 0 Å². The molecule has 0 radical (unpaired) electrons. The highest BCUT2D eigenvalue weighted by Crippen LogP contribution is 2.27. The third-order valence-electron chi connectivity index (χ3n) is 6.36. The summed E-state index contributed by atoms with van der Waals surface area (Å²) < 4.78 is 29.4. The molecule has 3 aromatic rings. The molecule has 7 nitrogen and oxygen atoms in total. The molecule has 10 heteroatoms. The van der Waals surface area contributed by atoms with Crippen molar-refractivity contribution in [3.8, 4) is 0 Å². The molecule has 0 fully saturated rings. The molecule has 208 valence electrons. The summed E-state index contributed by atoms with van der Waals surface area (Å²) in [7, 11) is -4.11. The largest absolute Gasteiger partial charge is 0.352 e. The van der Waals surface area contributed by atoms with E-state index in [1.807, 2.05) is 20.8 Å². The number of hydrogen-bond acceptors (Lipinski definition) is 4. The Kier molecular flexibility index (Phi) is 11.0. The second-order valence-corrected chi connectivity index (χ2v) is 12.4. The minimum atomic E-state index is -4.11. The van der Waals surface area contributed by atoms with Crippen LogP contribution in [0.3, 0.4) is 0 Å². The van der Waals surface area contributed by atoms with Gasteiger partial charge in [0.2, 0.25) is 11.8 Å². The molecular formula is C29H33BrClN3O4S. The highest BCUT2D eigenvalue weighted by atomic mass is 79.9. The van der Waals surface area contributed by atoms with Gasteiger partial charge in [-0.1, -0.05) is 77.8 Å². The fourth-order valence-corrected chi connectivity index (χ4v) is 5.97. The Hall–Kier alpha value is -2.88. The van der Waals surface area contributed by atoms with Gasteiger partial charge in [-0.2, -0.15) is 0 Å². The summed E-state index contributed by atoms with van der Waals surface area (Å²) in [5.41, 5.74) is 1.09. The monoisotopic (exact) mass is 633 g/mol. The SMILES string of the molecule is CC[C@H](C(=O)N[C@@H](C)CC)N(Cc1ccc(Cl)cc1)C(=O)CN(c1cccc(Br)c1)S(=O)(=O)c1ccccc1. The number of anilines is 1. The summed E-state index contributed by atoms with van der Waals surface area (Å²) in [5, 5.41) is 3.52. The highest BCUT2D eigenvalue weighted by molar-refractivity contribution is 9.10. The molecule has 2 amide bonds. The summed E-state index contributed by atoms with van der Waals surface area (Å²) in [4.78, 5) is 28.8. The number of sulfonamides is 1. The molecule has 0 bridgehead atoms. The molecule has 0 saturated carbocycles. The Morgan fingerprint density at radius 3 is 2.21 bits per heavy atom. The predicted octanol–water partition coefficient (Wildman–Crippen LogP) is 6.02. The van der Waals surface area contributed by atoms with Gasteiger partial charge in [0, 0.05) is 22.1 Å². The van der Waals surface area contributed by atoms with Crippen molar-refractivity contribution in [2.24, 2.45) is 0 Å². The molecule has 2 atom stereocenters. The van der Waals surface area contributed by atoms with Crippen molar-refractivity contribution in [1.29, 1.82) is 0 Å². The zero-order chi connectivity index (χ0) is 28.6. The molecule has 0 saturated heterocycles. The van der Waals surface area contributed by atoms with Crippen LogP contribution in [0.4, 0.5) is 5.69 Å². The first-order chi connectivity index (χ1) is 18.6. The van der Waals surface area contributed by atoms with Gasteiger partial charge < -0.3 is 10.2 Å². The van der Waals surface area contributed by atoms with Gasteiger partial charge in [0.25, 0.3) is 10.0 Å². The van der Waals surface area contributed by atoms with Gasteiger partial charge >= 0.3 is 0 Å². The van der Waals surface area contributed by atoms with E-state index in [0.29, 0.717) is 21.6 Å². The number of benzene rings is 3. The molecule has 1 N–H and O–H groups in total. The van der Waals surface area contributed by atoms with Gasteiger partial charge in [-0.15, -0.1) is 0 Å².